The van der Waals surface area contributed by atoms with Gasteiger partial charge in [0.1, 0.15) is 48.2 Å². The summed E-state index contributed by atoms with van der Waals surface area (Å²) in [5, 5.41) is 33.0. The van der Waals surface area contributed by atoms with Crippen molar-refractivity contribution in [2.24, 2.45) is 0 Å². The van der Waals surface area contributed by atoms with E-state index in [9.17, 15) is 24.1 Å². The van der Waals surface area contributed by atoms with Gasteiger partial charge < -0.3 is 29.0 Å². The summed E-state index contributed by atoms with van der Waals surface area (Å²) in [6, 6.07) is 6.12. The highest BCUT2D eigenvalue weighted by Gasteiger charge is 2.47. The molecule has 3 N–H and O–H groups in total. The summed E-state index contributed by atoms with van der Waals surface area (Å²) < 4.78 is 39.0. The number of nitrogens with zero attached hydrogens (tertiary/aromatic N) is 3. The maximum Gasteiger partial charge on any atom is 0.267 e. The Labute approximate surface area is 174 Å². The summed E-state index contributed by atoms with van der Waals surface area (Å²) in [7, 11) is 0. The number of furan rings is 1. The first-order chi connectivity index (χ1) is 14.9. The molecule has 0 bridgehead atoms. The van der Waals surface area contributed by atoms with Gasteiger partial charge in [-0.1, -0.05) is 6.07 Å². The standard InChI is InChI=1S/C21H19F2N3O5/c1-9-11-4-5-26(20(11)25-8-24-9)21-17(29)16(28)18(31-21)15(27)10-2-3-14-12(6-10)13(7-30-14)19(22)23/h2-8,15-19,21,27-29H,1H3/t15?,16-,17+,18+,21+/m0/s1. The van der Waals surface area contributed by atoms with Crippen molar-refractivity contribution in [2.45, 2.75) is 44.0 Å². The molecule has 10 heteroatoms. The third kappa shape index (κ3) is 3.10. The van der Waals surface area contributed by atoms with E-state index < -0.39 is 37.1 Å². The number of aryl methyl sites for hydroxylation is 1. The maximum atomic E-state index is 13.2. The van der Waals surface area contributed by atoms with Gasteiger partial charge in [0, 0.05) is 17.0 Å². The highest BCUT2D eigenvalue weighted by atomic mass is 19.3. The Bertz CT molecular complexity index is 1260. The number of alkyl halides is 2. The Morgan fingerprint density at radius 1 is 1.10 bits per heavy atom. The van der Waals surface area contributed by atoms with Crippen LogP contribution in [-0.4, -0.2) is 48.2 Å². The average molecular weight is 431 g/mol. The van der Waals surface area contributed by atoms with E-state index in [1.165, 1.54) is 24.5 Å². The number of fused-ring (bicyclic) bond motifs is 2. The Kier molecular flexibility index (Phi) is 4.74. The minimum absolute atomic E-state index is 0.166. The molecule has 5 atom stereocenters. The van der Waals surface area contributed by atoms with Gasteiger partial charge >= 0.3 is 0 Å². The molecule has 1 aliphatic heterocycles. The van der Waals surface area contributed by atoms with Gasteiger partial charge in [0.25, 0.3) is 6.43 Å². The lowest BCUT2D eigenvalue weighted by Gasteiger charge is -2.21. The predicted molar refractivity (Wildman–Crippen MR) is 104 cm³/mol. The van der Waals surface area contributed by atoms with E-state index in [-0.39, 0.29) is 22.1 Å². The first kappa shape index (κ1) is 20.0. The number of aliphatic hydroxyl groups is 3. The molecule has 1 unspecified atom stereocenters. The summed E-state index contributed by atoms with van der Waals surface area (Å²) in [6.45, 7) is 1.82. The second-order valence-corrected chi connectivity index (χ2v) is 7.58. The van der Waals surface area contributed by atoms with Crippen LogP contribution in [0.2, 0.25) is 0 Å². The van der Waals surface area contributed by atoms with E-state index in [1.807, 2.05) is 6.92 Å². The van der Waals surface area contributed by atoms with E-state index in [1.54, 1.807) is 16.8 Å². The van der Waals surface area contributed by atoms with E-state index in [0.29, 0.717) is 5.65 Å². The molecule has 31 heavy (non-hydrogen) atoms. The van der Waals surface area contributed by atoms with Crippen molar-refractivity contribution in [3.63, 3.8) is 0 Å². The van der Waals surface area contributed by atoms with Gasteiger partial charge in [-0.15, -0.1) is 0 Å². The fourth-order valence-corrected chi connectivity index (χ4v) is 4.09. The largest absolute Gasteiger partial charge is 0.464 e. The van der Waals surface area contributed by atoms with Crippen molar-refractivity contribution in [1.82, 2.24) is 14.5 Å². The second-order valence-electron chi connectivity index (χ2n) is 7.58. The van der Waals surface area contributed by atoms with Crippen molar-refractivity contribution in [1.29, 1.82) is 0 Å². The molecule has 1 aliphatic rings. The number of aliphatic hydroxyl groups excluding tert-OH is 3. The molecule has 4 heterocycles. The Morgan fingerprint density at radius 3 is 2.68 bits per heavy atom. The van der Waals surface area contributed by atoms with Crippen LogP contribution in [-0.2, 0) is 4.74 Å². The first-order valence-corrected chi connectivity index (χ1v) is 9.64. The molecule has 0 saturated carbocycles. The molecule has 1 saturated heterocycles. The maximum absolute atomic E-state index is 13.2. The summed E-state index contributed by atoms with van der Waals surface area (Å²) in [4.78, 5) is 8.35. The van der Waals surface area contributed by atoms with Gasteiger partial charge in [0.15, 0.2) is 6.23 Å². The zero-order valence-corrected chi connectivity index (χ0v) is 16.3. The summed E-state index contributed by atoms with van der Waals surface area (Å²) in [6.07, 6.45) is -5.05. The predicted octanol–water partition coefficient (Wildman–Crippen LogP) is 2.78. The lowest BCUT2D eigenvalue weighted by Crippen LogP contribution is -2.34. The Hall–Kier alpha value is -2.92. The van der Waals surface area contributed by atoms with Crippen LogP contribution >= 0.6 is 0 Å². The van der Waals surface area contributed by atoms with Crippen molar-refractivity contribution in [2.75, 3.05) is 0 Å². The van der Waals surface area contributed by atoms with Gasteiger partial charge in [-0.3, -0.25) is 0 Å². The Balaban J connectivity index is 1.47. The molecule has 3 aromatic heterocycles. The molecule has 1 aromatic carbocycles. The molecule has 162 valence electrons. The normalized spacial score (nSPS) is 25.1. The molecule has 0 aliphatic carbocycles. The molecule has 0 radical (unpaired) electrons. The summed E-state index contributed by atoms with van der Waals surface area (Å²) in [5.74, 6) is 0. The fourth-order valence-electron chi connectivity index (χ4n) is 4.09. The van der Waals surface area contributed by atoms with Crippen LogP contribution in [0.3, 0.4) is 0 Å². The molecule has 0 amide bonds. The third-order valence-electron chi connectivity index (χ3n) is 5.77. The van der Waals surface area contributed by atoms with Crippen molar-refractivity contribution in [3.8, 4) is 0 Å². The summed E-state index contributed by atoms with van der Waals surface area (Å²) in [5.41, 5.74) is 1.48. The molecule has 4 aromatic rings. The van der Waals surface area contributed by atoms with Crippen molar-refractivity contribution >= 4 is 22.0 Å². The van der Waals surface area contributed by atoms with Crippen LogP contribution in [0.15, 0.2) is 47.5 Å². The quantitative estimate of drug-likeness (QED) is 0.455. The minimum Gasteiger partial charge on any atom is -0.464 e. The average Bonchev–Trinajstić information content (AvgIpc) is 3.44. The van der Waals surface area contributed by atoms with Crippen LogP contribution in [0.5, 0.6) is 0 Å². The summed E-state index contributed by atoms with van der Waals surface area (Å²) >= 11 is 0. The fraction of sp³-hybridized carbons (Fsp3) is 0.333. The molecule has 0 spiro atoms. The number of aromatic nitrogens is 3. The van der Waals surface area contributed by atoms with Gasteiger partial charge in [0.2, 0.25) is 0 Å². The third-order valence-corrected chi connectivity index (χ3v) is 5.77. The van der Waals surface area contributed by atoms with Crippen molar-refractivity contribution in [3.05, 3.63) is 59.9 Å². The number of benzene rings is 1. The molecular weight excluding hydrogens is 412 g/mol. The second kappa shape index (κ2) is 7.34. The number of halogens is 2. The molecule has 1 fully saturated rings. The first-order valence-electron chi connectivity index (χ1n) is 9.64. The van der Waals surface area contributed by atoms with Gasteiger partial charge in [0.05, 0.1) is 11.3 Å². The Morgan fingerprint density at radius 2 is 1.90 bits per heavy atom. The van der Waals surface area contributed by atoms with Crippen LogP contribution in [0.1, 0.15) is 35.6 Å². The van der Waals surface area contributed by atoms with Crippen LogP contribution < -0.4 is 0 Å². The van der Waals surface area contributed by atoms with E-state index in [0.717, 1.165) is 17.3 Å². The van der Waals surface area contributed by atoms with E-state index >= 15 is 0 Å². The molecule has 8 nitrogen and oxygen atoms in total. The van der Waals surface area contributed by atoms with Crippen molar-refractivity contribution < 1.29 is 33.3 Å². The zero-order chi connectivity index (χ0) is 21.9. The highest BCUT2D eigenvalue weighted by molar-refractivity contribution is 5.82. The number of hydrogen-bond acceptors (Lipinski definition) is 7. The van der Waals surface area contributed by atoms with Gasteiger partial charge in [-0.25, -0.2) is 18.7 Å². The van der Waals surface area contributed by atoms with E-state index in [2.05, 4.69) is 9.97 Å². The number of ether oxygens (including phenoxy) is 1. The zero-order valence-electron chi connectivity index (χ0n) is 16.3. The number of hydrogen-bond donors (Lipinski definition) is 3. The van der Waals surface area contributed by atoms with Crippen LogP contribution in [0, 0.1) is 6.92 Å². The minimum atomic E-state index is -2.74. The monoisotopic (exact) mass is 431 g/mol. The SMILES string of the molecule is Cc1ncnc2c1ccn2[C@@H]1O[C@H](C(O)c2ccc3occ(C(F)F)c3c2)[C@@H](O)[C@H]1O. The number of rotatable bonds is 4. The van der Waals surface area contributed by atoms with E-state index in [4.69, 9.17) is 9.15 Å². The highest BCUT2D eigenvalue weighted by Crippen LogP contribution is 2.39. The smallest absolute Gasteiger partial charge is 0.267 e. The lowest BCUT2D eigenvalue weighted by molar-refractivity contribution is -0.0848. The van der Waals surface area contributed by atoms with Crippen LogP contribution in [0.25, 0.3) is 22.0 Å². The van der Waals surface area contributed by atoms with Gasteiger partial charge in [-0.05, 0) is 30.7 Å². The molecular formula is C21H19F2N3O5. The topological polar surface area (TPSA) is 114 Å². The van der Waals surface area contributed by atoms with Crippen LogP contribution in [0.4, 0.5) is 8.78 Å². The molecule has 5 rings (SSSR count). The lowest BCUT2D eigenvalue weighted by atomic mass is 9.97. The van der Waals surface area contributed by atoms with Gasteiger partial charge in [-0.2, -0.15) is 0 Å².